The number of imidazole rings is 1. The summed E-state index contributed by atoms with van der Waals surface area (Å²) in [5.41, 5.74) is 5.32. The van der Waals surface area contributed by atoms with Crippen LogP contribution in [0.1, 0.15) is 23.0 Å². The third kappa shape index (κ3) is 2.65. The largest absolute Gasteiger partial charge is 0.453 e. The van der Waals surface area contributed by atoms with E-state index in [9.17, 15) is 0 Å². The lowest BCUT2D eigenvalue weighted by molar-refractivity contribution is 0.393. The molecule has 0 bridgehead atoms. The Bertz CT molecular complexity index is 1060. The van der Waals surface area contributed by atoms with Crippen LogP contribution in [0.15, 0.2) is 35.0 Å². The fourth-order valence-electron chi connectivity index (χ4n) is 3.02. The van der Waals surface area contributed by atoms with Crippen LogP contribution in [0, 0.1) is 27.7 Å². The topological polar surface area (TPSA) is 76.8 Å². The zero-order valence-corrected chi connectivity index (χ0v) is 14.5. The van der Waals surface area contributed by atoms with E-state index in [0.717, 1.165) is 45.1 Å². The molecule has 0 atom stereocenters. The van der Waals surface area contributed by atoms with Gasteiger partial charge in [0.25, 0.3) is 0 Å². The van der Waals surface area contributed by atoms with Gasteiger partial charge in [-0.05, 0) is 57.5 Å². The Morgan fingerprint density at radius 1 is 1.04 bits per heavy atom. The molecule has 1 aromatic carbocycles. The molecule has 0 aliphatic heterocycles. The van der Waals surface area contributed by atoms with Gasteiger partial charge in [-0.1, -0.05) is 5.16 Å². The standard InChI is InChI=1S/C19H18N4O2/c1-10-16(6-5-7-20-10)24-17-9-14(18-11(2)23-25-12(18)3)8-15-19(17)22-13(4)21-15/h5-9H,1-4H3,(H,21,22). The molecule has 1 N–H and O–H groups in total. The first kappa shape index (κ1) is 15.4. The Kier molecular flexibility index (Phi) is 3.53. The Labute approximate surface area is 144 Å². The molecule has 3 aromatic heterocycles. The van der Waals surface area contributed by atoms with Crippen LogP contribution < -0.4 is 4.74 Å². The number of ether oxygens (including phenoxy) is 1. The van der Waals surface area contributed by atoms with E-state index in [1.807, 2.05) is 52.0 Å². The first-order chi connectivity index (χ1) is 12.0. The highest BCUT2D eigenvalue weighted by molar-refractivity contribution is 5.88. The summed E-state index contributed by atoms with van der Waals surface area (Å²) in [6.45, 7) is 7.68. The van der Waals surface area contributed by atoms with Crippen molar-refractivity contribution < 1.29 is 9.26 Å². The summed E-state index contributed by atoms with van der Waals surface area (Å²) in [5, 5.41) is 4.05. The van der Waals surface area contributed by atoms with Crippen LogP contribution in [0.3, 0.4) is 0 Å². The molecule has 4 rings (SSSR count). The maximum absolute atomic E-state index is 6.16. The molecule has 0 spiro atoms. The number of nitrogens with zero attached hydrogens (tertiary/aromatic N) is 3. The van der Waals surface area contributed by atoms with Gasteiger partial charge in [-0.2, -0.15) is 0 Å². The van der Waals surface area contributed by atoms with Gasteiger partial charge in [-0.25, -0.2) is 4.98 Å². The molecule has 6 heteroatoms. The van der Waals surface area contributed by atoms with Crippen LogP contribution in [-0.4, -0.2) is 20.1 Å². The van der Waals surface area contributed by atoms with Gasteiger partial charge >= 0.3 is 0 Å². The summed E-state index contributed by atoms with van der Waals surface area (Å²) in [6.07, 6.45) is 1.75. The van der Waals surface area contributed by atoms with E-state index in [-0.39, 0.29) is 0 Å². The Morgan fingerprint density at radius 2 is 1.88 bits per heavy atom. The second kappa shape index (κ2) is 5.73. The van der Waals surface area contributed by atoms with Crippen molar-refractivity contribution >= 4 is 11.0 Å². The van der Waals surface area contributed by atoms with Crippen LogP contribution in [0.5, 0.6) is 11.5 Å². The molecule has 0 amide bonds. The number of nitrogens with one attached hydrogen (secondary N) is 1. The van der Waals surface area contributed by atoms with E-state index in [1.54, 1.807) is 6.20 Å². The lowest BCUT2D eigenvalue weighted by Gasteiger charge is -2.10. The minimum atomic E-state index is 0.674. The van der Waals surface area contributed by atoms with Gasteiger partial charge in [-0.3, -0.25) is 4.98 Å². The summed E-state index contributed by atoms with van der Waals surface area (Å²) in [6, 6.07) is 7.77. The highest BCUT2D eigenvalue weighted by atomic mass is 16.5. The first-order valence-electron chi connectivity index (χ1n) is 8.06. The summed E-state index contributed by atoms with van der Waals surface area (Å²) < 4.78 is 11.5. The van der Waals surface area contributed by atoms with Crippen molar-refractivity contribution in [1.82, 2.24) is 20.1 Å². The van der Waals surface area contributed by atoms with E-state index in [1.165, 1.54) is 0 Å². The molecule has 0 aliphatic rings. The number of aromatic amines is 1. The van der Waals surface area contributed by atoms with Crippen molar-refractivity contribution in [3.63, 3.8) is 0 Å². The van der Waals surface area contributed by atoms with Crippen LogP contribution in [-0.2, 0) is 0 Å². The number of pyridine rings is 1. The number of fused-ring (bicyclic) bond motifs is 1. The molecule has 126 valence electrons. The third-order valence-corrected chi connectivity index (χ3v) is 4.17. The summed E-state index contributed by atoms with van der Waals surface area (Å²) >= 11 is 0. The van der Waals surface area contributed by atoms with Crippen molar-refractivity contribution in [3.8, 4) is 22.6 Å². The third-order valence-electron chi connectivity index (χ3n) is 4.17. The number of aryl methyl sites for hydroxylation is 4. The van der Waals surface area contributed by atoms with E-state index in [4.69, 9.17) is 9.26 Å². The van der Waals surface area contributed by atoms with Crippen LogP contribution in [0.25, 0.3) is 22.2 Å². The van der Waals surface area contributed by atoms with Crippen molar-refractivity contribution in [2.24, 2.45) is 0 Å². The molecule has 0 fully saturated rings. The Hall–Kier alpha value is -3.15. The van der Waals surface area contributed by atoms with Gasteiger partial charge in [0.15, 0.2) is 5.75 Å². The van der Waals surface area contributed by atoms with Crippen LogP contribution >= 0.6 is 0 Å². The average molecular weight is 334 g/mol. The molecule has 4 aromatic rings. The Balaban J connectivity index is 1.92. The second-order valence-corrected chi connectivity index (χ2v) is 6.08. The van der Waals surface area contributed by atoms with Gasteiger partial charge < -0.3 is 14.2 Å². The fourth-order valence-corrected chi connectivity index (χ4v) is 3.02. The van der Waals surface area contributed by atoms with Crippen molar-refractivity contribution in [1.29, 1.82) is 0 Å². The molecule has 25 heavy (non-hydrogen) atoms. The molecule has 3 heterocycles. The van der Waals surface area contributed by atoms with Gasteiger partial charge in [-0.15, -0.1) is 0 Å². The Morgan fingerprint density at radius 3 is 2.60 bits per heavy atom. The predicted octanol–water partition coefficient (Wildman–Crippen LogP) is 4.64. The van der Waals surface area contributed by atoms with Gasteiger partial charge in [0.05, 0.1) is 16.9 Å². The summed E-state index contributed by atoms with van der Waals surface area (Å²) in [7, 11) is 0. The van der Waals surface area contributed by atoms with E-state index < -0.39 is 0 Å². The van der Waals surface area contributed by atoms with Gasteiger partial charge in [0.1, 0.15) is 22.9 Å². The first-order valence-corrected chi connectivity index (χ1v) is 8.06. The van der Waals surface area contributed by atoms with Crippen molar-refractivity contribution in [3.05, 3.63) is 53.4 Å². The SMILES string of the molecule is Cc1nc2c(Oc3cccnc3C)cc(-c3c(C)noc3C)cc2[nH]1. The molecule has 0 radical (unpaired) electrons. The zero-order chi connectivity index (χ0) is 17.6. The van der Waals surface area contributed by atoms with Crippen LogP contribution in [0.2, 0.25) is 0 Å². The number of hydrogen-bond donors (Lipinski definition) is 1. The van der Waals surface area contributed by atoms with E-state index in [2.05, 4.69) is 20.1 Å². The lowest BCUT2D eigenvalue weighted by atomic mass is 10.0. The average Bonchev–Trinajstić information content (AvgIpc) is 3.11. The smallest absolute Gasteiger partial charge is 0.155 e. The minimum Gasteiger partial charge on any atom is -0.453 e. The monoisotopic (exact) mass is 334 g/mol. The van der Waals surface area contributed by atoms with Crippen molar-refractivity contribution in [2.75, 3.05) is 0 Å². The number of hydrogen-bond acceptors (Lipinski definition) is 5. The van der Waals surface area contributed by atoms with E-state index >= 15 is 0 Å². The molecular formula is C19H18N4O2. The quantitative estimate of drug-likeness (QED) is 0.590. The molecule has 0 saturated heterocycles. The molecule has 6 nitrogen and oxygen atoms in total. The molecular weight excluding hydrogens is 316 g/mol. The number of rotatable bonds is 3. The number of H-pyrrole nitrogens is 1. The normalized spacial score (nSPS) is 11.2. The maximum atomic E-state index is 6.16. The highest BCUT2D eigenvalue weighted by Crippen LogP contribution is 2.36. The molecule has 0 aliphatic carbocycles. The van der Waals surface area contributed by atoms with Crippen molar-refractivity contribution in [2.45, 2.75) is 27.7 Å². The van der Waals surface area contributed by atoms with Gasteiger partial charge in [0, 0.05) is 11.8 Å². The van der Waals surface area contributed by atoms with Gasteiger partial charge in [0.2, 0.25) is 0 Å². The highest BCUT2D eigenvalue weighted by Gasteiger charge is 2.17. The fraction of sp³-hybridized carbons (Fsp3) is 0.211. The minimum absolute atomic E-state index is 0.674. The number of benzene rings is 1. The predicted molar refractivity (Wildman–Crippen MR) is 94.8 cm³/mol. The zero-order valence-electron chi connectivity index (χ0n) is 14.5. The summed E-state index contributed by atoms with van der Waals surface area (Å²) in [5.74, 6) is 2.99. The lowest BCUT2D eigenvalue weighted by Crippen LogP contribution is -1.92. The van der Waals surface area contributed by atoms with E-state index in [0.29, 0.717) is 11.5 Å². The summed E-state index contributed by atoms with van der Waals surface area (Å²) in [4.78, 5) is 12.1. The van der Waals surface area contributed by atoms with Crippen LogP contribution in [0.4, 0.5) is 0 Å². The number of aromatic nitrogens is 4. The molecule has 0 saturated carbocycles. The maximum Gasteiger partial charge on any atom is 0.155 e. The second-order valence-electron chi connectivity index (χ2n) is 6.08. The molecule has 0 unspecified atom stereocenters.